The monoisotopic (exact) mass is 618 g/mol. The molecule has 5 aromatic rings. The Morgan fingerprint density at radius 2 is 1.84 bits per heavy atom. The first-order valence-corrected chi connectivity index (χ1v) is 15.4. The van der Waals surface area contributed by atoms with E-state index >= 15 is 0 Å². The maximum Gasteiger partial charge on any atom is 0.301 e. The number of nitrogens with zero attached hydrogens (tertiary/aromatic N) is 2. The molecule has 0 spiro atoms. The Morgan fingerprint density at radius 3 is 2.64 bits per heavy atom. The highest BCUT2D eigenvalue weighted by Gasteiger charge is 2.48. The predicted molar refractivity (Wildman–Crippen MR) is 173 cm³/mol. The van der Waals surface area contributed by atoms with Crippen LogP contribution in [0.5, 0.6) is 17.2 Å². The average molecular weight is 619 g/mol. The lowest BCUT2D eigenvalue weighted by atomic mass is 9.94. The molecular formula is C36H30N2O6S. The topological polar surface area (TPSA) is 98.2 Å². The number of fused-ring (bicyclic) bond motifs is 2. The summed E-state index contributed by atoms with van der Waals surface area (Å²) in [6.07, 6.45) is 0.696. The molecule has 0 radical (unpaired) electrons. The molecule has 226 valence electrons. The molecule has 0 aliphatic carbocycles. The lowest BCUT2D eigenvalue weighted by molar-refractivity contribution is -0.132. The lowest BCUT2D eigenvalue weighted by Crippen LogP contribution is -2.29. The van der Waals surface area contributed by atoms with Crippen molar-refractivity contribution in [2.24, 2.45) is 0 Å². The summed E-state index contributed by atoms with van der Waals surface area (Å²) in [6, 6.07) is 25.3. The molecule has 1 N–H and O–H groups in total. The SMILES string of the molecule is COc1cc([C@H]2/C(=C(\O)c3ccc4c(c3)C[C@@H](C)O4)C(=O)C(=O)N2c2nc3ccc(C)cc3s2)ccc1OCc1ccccc1. The predicted octanol–water partition coefficient (Wildman–Crippen LogP) is 7.14. The molecule has 4 aromatic carbocycles. The van der Waals surface area contributed by atoms with E-state index in [1.165, 1.54) is 23.3 Å². The number of benzene rings is 4. The second-order valence-electron chi connectivity index (χ2n) is 11.3. The van der Waals surface area contributed by atoms with Crippen LogP contribution in [0.2, 0.25) is 0 Å². The fraction of sp³-hybridized carbons (Fsp3) is 0.194. The maximum absolute atomic E-state index is 13.8. The minimum absolute atomic E-state index is 0.0146. The maximum atomic E-state index is 13.8. The number of aliphatic hydroxyl groups is 1. The van der Waals surface area contributed by atoms with Gasteiger partial charge in [0.15, 0.2) is 16.6 Å². The Labute approximate surface area is 264 Å². The summed E-state index contributed by atoms with van der Waals surface area (Å²) in [7, 11) is 1.54. The van der Waals surface area contributed by atoms with Crippen molar-refractivity contribution in [1.29, 1.82) is 0 Å². The Bertz CT molecular complexity index is 2000. The fourth-order valence-electron chi connectivity index (χ4n) is 5.90. The minimum Gasteiger partial charge on any atom is -0.507 e. The zero-order valence-electron chi connectivity index (χ0n) is 24.9. The standard InChI is InChI=1S/C36H30N2O6S/c1-20-9-12-26-30(15-20)45-36(37-26)38-32(23-10-14-28(29(18-23)42-3)43-19-22-7-5-4-6-8-22)31(34(40)35(38)41)33(39)24-11-13-27-25(17-24)16-21(2)44-27/h4-15,17-18,21,32,39H,16,19H2,1-3H3/b33-31+/t21-,32+/m1/s1. The number of aromatic nitrogens is 1. The lowest BCUT2D eigenvalue weighted by Gasteiger charge is -2.24. The van der Waals surface area contributed by atoms with E-state index in [4.69, 9.17) is 19.2 Å². The molecular weight excluding hydrogens is 588 g/mol. The van der Waals surface area contributed by atoms with Crippen LogP contribution in [0.15, 0.2) is 90.5 Å². The summed E-state index contributed by atoms with van der Waals surface area (Å²) < 4.78 is 18.5. The Balaban J connectivity index is 1.35. The molecule has 45 heavy (non-hydrogen) atoms. The van der Waals surface area contributed by atoms with Gasteiger partial charge in [0, 0.05) is 12.0 Å². The first kappa shape index (κ1) is 28.6. The number of carbonyl (C=O) groups excluding carboxylic acids is 2. The molecule has 0 bridgehead atoms. The summed E-state index contributed by atoms with van der Waals surface area (Å²) >= 11 is 1.32. The van der Waals surface area contributed by atoms with E-state index in [0.717, 1.165) is 32.7 Å². The number of thiazole rings is 1. The summed E-state index contributed by atoms with van der Waals surface area (Å²) in [4.78, 5) is 33.7. The third-order valence-corrected chi connectivity index (χ3v) is 9.11. The Kier molecular flexibility index (Phi) is 7.25. The zero-order valence-corrected chi connectivity index (χ0v) is 25.8. The van der Waals surface area contributed by atoms with Crippen LogP contribution in [-0.4, -0.2) is 35.0 Å². The average Bonchev–Trinajstić information content (AvgIpc) is 3.71. The van der Waals surface area contributed by atoms with Crippen LogP contribution >= 0.6 is 11.3 Å². The molecule has 7 rings (SSSR count). The first-order chi connectivity index (χ1) is 21.8. The highest BCUT2D eigenvalue weighted by Crippen LogP contribution is 2.46. The number of amides is 1. The number of Topliss-reactive ketones (excluding diaryl/α,β-unsaturated/α-hetero) is 1. The van der Waals surface area contributed by atoms with Gasteiger partial charge in [-0.2, -0.15) is 0 Å². The van der Waals surface area contributed by atoms with Crippen molar-refractivity contribution < 1.29 is 28.9 Å². The van der Waals surface area contributed by atoms with Gasteiger partial charge >= 0.3 is 5.91 Å². The van der Waals surface area contributed by atoms with E-state index in [0.29, 0.717) is 40.8 Å². The van der Waals surface area contributed by atoms with E-state index < -0.39 is 17.7 Å². The molecule has 9 heteroatoms. The fourth-order valence-corrected chi connectivity index (χ4v) is 6.99. The molecule has 1 saturated heterocycles. The molecule has 3 heterocycles. The molecule has 1 fully saturated rings. The normalized spacial score (nSPS) is 18.7. The Hall–Kier alpha value is -5.15. The minimum atomic E-state index is -0.966. The van der Waals surface area contributed by atoms with Gasteiger partial charge in [0.2, 0.25) is 0 Å². The number of aliphatic hydroxyl groups excluding tert-OH is 1. The van der Waals surface area contributed by atoms with E-state index in [-0.39, 0.29) is 17.4 Å². The van der Waals surface area contributed by atoms with E-state index in [1.54, 1.807) is 30.3 Å². The van der Waals surface area contributed by atoms with Crippen LogP contribution in [-0.2, 0) is 22.6 Å². The third-order valence-electron chi connectivity index (χ3n) is 8.09. The summed E-state index contributed by atoms with van der Waals surface area (Å²) in [5.74, 6) is -0.136. The first-order valence-electron chi connectivity index (χ1n) is 14.6. The van der Waals surface area contributed by atoms with Gasteiger partial charge in [-0.25, -0.2) is 4.98 Å². The number of hydrogen-bond acceptors (Lipinski definition) is 8. The second-order valence-corrected chi connectivity index (χ2v) is 12.3. The van der Waals surface area contributed by atoms with Gasteiger partial charge in [-0.15, -0.1) is 0 Å². The van der Waals surface area contributed by atoms with Crippen LogP contribution in [0, 0.1) is 6.92 Å². The van der Waals surface area contributed by atoms with E-state index in [1.807, 2.05) is 68.4 Å². The van der Waals surface area contributed by atoms with Crippen molar-refractivity contribution in [1.82, 2.24) is 4.98 Å². The second kappa shape index (κ2) is 11.4. The molecule has 2 atom stereocenters. The van der Waals surface area contributed by atoms with Crippen LogP contribution < -0.4 is 19.1 Å². The van der Waals surface area contributed by atoms with Gasteiger partial charge < -0.3 is 19.3 Å². The summed E-state index contributed by atoms with van der Waals surface area (Å²) in [5.41, 5.74) is 4.68. The third kappa shape index (κ3) is 5.19. The molecule has 1 amide bonds. The molecule has 2 aliphatic rings. The zero-order chi connectivity index (χ0) is 31.2. The number of carbonyl (C=O) groups is 2. The van der Waals surface area contributed by atoms with Crippen molar-refractivity contribution in [3.05, 3.63) is 118 Å². The highest BCUT2D eigenvalue weighted by atomic mass is 32.1. The van der Waals surface area contributed by atoms with Gasteiger partial charge in [0.05, 0.1) is 28.9 Å². The van der Waals surface area contributed by atoms with Crippen LogP contribution in [0.4, 0.5) is 5.13 Å². The number of anilines is 1. The number of aryl methyl sites for hydroxylation is 1. The number of methoxy groups -OCH3 is 1. The number of hydrogen-bond donors (Lipinski definition) is 1. The number of ketones is 1. The van der Waals surface area contributed by atoms with E-state index in [9.17, 15) is 14.7 Å². The molecule has 8 nitrogen and oxygen atoms in total. The van der Waals surface area contributed by atoms with Crippen molar-refractivity contribution >= 4 is 44.1 Å². The largest absolute Gasteiger partial charge is 0.507 e. The molecule has 0 saturated carbocycles. The quantitative estimate of drug-likeness (QED) is 0.118. The smallest absolute Gasteiger partial charge is 0.301 e. The van der Waals surface area contributed by atoms with Crippen molar-refractivity contribution in [2.75, 3.05) is 12.0 Å². The molecule has 1 aromatic heterocycles. The summed E-state index contributed by atoms with van der Waals surface area (Å²) in [5, 5.41) is 12.1. The van der Waals surface area contributed by atoms with Crippen LogP contribution in [0.25, 0.3) is 16.0 Å². The van der Waals surface area contributed by atoms with Crippen molar-refractivity contribution in [3.8, 4) is 17.2 Å². The van der Waals surface area contributed by atoms with Crippen molar-refractivity contribution in [3.63, 3.8) is 0 Å². The van der Waals surface area contributed by atoms with E-state index in [2.05, 4.69) is 0 Å². The van der Waals surface area contributed by atoms with Gasteiger partial charge in [0.1, 0.15) is 24.2 Å². The van der Waals surface area contributed by atoms with Gasteiger partial charge in [-0.05, 0) is 78.6 Å². The molecule has 2 aliphatic heterocycles. The molecule has 0 unspecified atom stereocenters. The number of ether oxygens (including phenoxy) is 3. The Morgan fingerprint density at radius 1 is 1.02 bits per heavy atom. The van der Waals surface area contributed by atoms with Gasteiger partial charge in [-0.3, -0.25) is 14.5 Å². The number of rotatable bonds is 7. The highest BCUT2D eigenvalue weighted by molar-refractivity contribution is 7.22. The van der Waals surface area contributed by atoms with Crippen LogP contribution in [0.3, 0.4) is 0 Å². The summed E-state index contributed by atoms with van der Waals surface area (Å²) in [6.45, 7) is 4.30. The van der Waals surface area contributed by atoms with Gasteiger partial charge in [0.25, 0.3) is 5.78 Å². The van der Waals surface area contributed by atoms with Gasteiger partial charge in [-0.1, -0.05) is 53.8 Å². The van der Waals surface area contributed by atoms with Crippen LogP contribution in [0.1, 0.15) is 40.8 Å². The van der Waals surface area contributed by atoms with Crippen molar-refractivity contribution in [2.45, 2.75) is 39.0 Å².